The van der Waals surface area contributed by atoms with Gasteiger partial charge in [-0.3, -0.25) is 10.1 Å². The summed E-state index contributed by atoms with van der Waals surface area (Å²) in [6.45, 7) is 7.42. The highest BCUT2D eigenvalue weighted by Crippen LogP contribution is 2.29. The molecule has 106 valence electrons. The van der Waals surface area contributed by atoms with E-state index in [9.17, 15) is 10.1 Å². The van der Waals surface area contributed by atoms with E-state index in [0.29, 0.717) is 18.9 Å². The normalized spacial score (nSPS) is 11.4. The number of hydrogen-bond acceptors (Lipinski definition) is 4. The molecule has 5 heteroatoms. The van der Waals surface area contributed by atoms with Crippen LogP contribution in [-0.4, -0.2) is 18.6 Å². The van der Waals surface area contributed by atoms with Crippen LogP contribution in [0, 0.1) is 15.5 Å². The fourth-order valence-electron chi connectivity index (χ4n) is 1.61. The van der Waals surface area contributed by atoms with Crippen molar-refractivity contribution in [3.05, 3.63) is 33.9 Å². The molecule has 5 nitrogen and oxygen atoms in total. The Morgan fingerprint density at radius 2 is 2.05 bits per heavy atom. The van der Waals surface area contributed by atoms with Crippen molar-refractivity contribution in [1.29, 1.82) is 0 Å². The van der Waals surface area contributed by atoms with E-state index in [2.05, 4.69) is 26.1 Å². The van der Waals surface area contributed by atoms with E-state index in [-0.39, 0.29) is 11.1 Å². The highest BCUT2D eigenvalue weighted by molar-refractivity contribution is 5.48. The van der Waals surface area contributed by atoms with Crippen molar-refractivity contribution in [1.82, 2.24) is 5.32 Å². The molecule has 0 aliphatic carbocycles. The monoisotopic (exact) mass is 266 g/mol. The van der Waals surface area contributed by atoms with Crippen molar-refractivity contribution in [3.8, 4) is 5.75 Å². The molecule has 0 unspecified atom stereocenters. The zero-order chi connectivity index (χ0) is 14.5. The molecule has 0 saturated heterocycles. The first-order chi connectivity index (χ1) is 8.83. The standard InChI is InChI=1S/C14H22N2O3/c1-14(2,3)7-8-19-13-6-5-11(10-15-4)9-12(13)16(17)18/h5-6,9,15H,7-8,10H2,1-4H3. The Balaban J connectivity index is 2.79. The Morgan fingerprint density at radius 3 is 2.58 bits per heavy atom. The van der Waals surface area contributed by atoms with Gasteiger partial charge in [0.25, 0.3) is 0 Å². The molecule has 19 heavy (non-hydrogen) atoms. The highest BCUT2D eigenvalue weighted by Gasteiger charge is 2.17. The lowest BCUT2D eigenvalue weighted by Crippen LogP contribution is -2.12. The van der Waals surface area contributed by atoms with Crippen LogP contribution >= 0.6 is 0 Å². The van der Waals surface area contributed by atoms with E-state index in [0.717, 1.165) is 12.0 Å². The van der Waals surface area contributed by atoms with Crippen LogP contribution in [0.25, 0.3) is 0 Å². The summed E-state index contributed by atoms with van der Waals surface area (Å²) in [6.07, 6.45) is 0.850. The molecule has 0 spiro atoms. The third-order valence-electron chi connectivity index (χ3n) is 2.71. The number of nitrogens with zero attached hydrogens (tertiary/aromatic N) is 1. The molecule has 1 N–H and O–H groups in total. The quantitative estimate of drug-likeness (QED) is 0.634. The number of benzene rings is 1. The number of nitrogens with one attached hydrogen (secondary N) is 1. The topological polar surface area (TPSA) is 64.4 Å². The second kappa shape index (κ2) is 6.52. The van der Waals surface area contributed by atoms with Crippen LogP contribution in [-0.2, 0) is 6.54 Å². The second-order valence-corrected chi connectivity index (χ2v) is 5.75. The van der Waals surface area contributed by atoms with Gasteiger partial charge in [0.05, 0.1) is 11.5 Å². The molecule has 1 aromatic carbocycles. The third-order valence-corrected chi connectivity index (χ3v) is 2.71. The summed E-state index contributed by atoms with van der Waals surface area (Å²) in [6, 6.07) is 5.08. The molecule has 1 aromatic rings. The first kappa shape index (κ1) is 15.4. The first-order valence-electron chi connectivity index (χ1n) is 6.38. The Hall–Kier alpha value is -1.62. The Labute approximate surface area is 114 Å². The van der Waals surface area contributed by atoms with Crippen molar-refractivity contribution in [2.45, 2.75) is 33.7 Å². The van der Waals surface area contributed by atoms with Crippen LogP contribution < -0.4 is 10.1 Å². The van der Waals surface area contributed by atoms with Crippen molar-refractivity contribution >= 4 is 5.69 Å². The van der Waals surface area contributed by atoms with Gasteiger partial charge in [0.2, 0.25) is 0 Å². The SMILES string of the molecule is CNCc1ccc(OCCC(C)(C)C)c([N+](=O)[O-])c1. The molecule has 0 fully saturated rings. The van der Waals surface area contributed by atoms with Crippen LogP contribution in [0.5, 0.6) is 5.75 Å². The molecule has 0 aliphatic rings. The van der Waals surface area contributed by atoms with Gasteiger partial charge in [-0.05, 0) is 30.5 Å². The highest BCUT2D eigenvalue weighted by atomic mass is 16.6. The Kier molecular flexibility index (Phi) is 5.30. The van der Waals surface area contributed by atoms with Gasteiger partial charge in [-0.25, -0.2) is 0 Å². The van der Waals surface area contributed by atoms with Gasteiger partial charge < -0.3 is 10.1 Å². The Bertz CT molecular complexity index is 439. The van der Waals surface area contributed by atoms with Crippen LogP contribution in [0.15, 0.2) is 18.2 Å². The maximum Gasteiger partial charge on any atom is 0.311 e. The van der Waals surface area contributed by atoms with Crippen LogP contribution in [0.2, 0.25) is 0 Å². The van der Waals surface area contributed by atoms with Gasteiger partial charge in [0, 0.05) is 12.6 Å². The summed E-state index contributed by atoms with van der Waals surface area (Å²) in [4.78, 5) is 10.6. The summed E-state index contributed by atoms with van der Waals surface area (Å²) in [5, 5.41) is 14.0. The van der Waals surface area contributed by atoms with E-state index in [1.807, 2.05) is 6.07 Å². The summed E-state index contributed by atoms with van der Waals surface area (Å²) >= 11 is 0. The molecule has 0 bridgehead atoms. The van der Waals surface area contributed by atoms with Gasteiger partial charge >= 0.3 is 5.69 Å². The van der Waals surface area contributed by atoms with Gasteiger partial charge in [0.1, 0.15) is 0 Å². The molecule has 0 heterocycles. The van der Waals surface area contributed by atoms with Gasteiger partial charge in [-0.15, -0.1) is 0 Å². The molecule has 0 atom stereocenters. The fraction of sp³-hybridized carbons (Fsp3) is 0.571. The number of hydrogen-bond donors (Lipinski definition) is 1. The lowest BCUT2D eigenvalue weighted by atomic mass is 9.93. The number of ether oxygens (including phenoxy) is 1. The molecule has 1 rings (SSSR count). The van der Waals surface area contributed by atoms with Gasteiger partial charge in [0.15, 0.2) is 5.75 Å². The minimum atomic E-state index is -0.397. The summed E-state index contributed by atoms with van der Waals surface area (Å²) in [5.74, 6) is 0.342. The fourth-order valence-corrected chi connectivity index (χ4v) is 1.61. The average molecular weight is 266 g/mol. The molecule has 0 aliphatic heterocycles. The maximum atomic E-state index is 11.0. The molecule has 0 radical (unpaired) electrons. The summed E-state index contributed by atoms with van der Waals surface area (Å²) in [5.41, 5.74) is 1.06. The molecular weight excluding hydrogens is 244 g/mol. The number of rotatable bonds is 6. The van der Waals surface area contributed by atoms with Crippen LogP contribution in [0.1, 0.15) is 32.8 Å². The second-order valence-electron chi connectivity index (χ2n) is 5.75. The zero-order valence-corrected chi connectivity index (χ0v) is 12.0. The largest absolute Gasteiger partial charge is 0.487 e. The van der Waals surface area contributed by atoms with E-state index in [1.54, 1.807) is 19.2 Å². The lowest BCUT2D eigenvalue weighted by Gasteiger charge is -2.18. The average Bonchev–Trinajstić information content (AvgIpc) is 2.29. The van der Waals surface area contributed by atoms with Crippen molar-refractivity contribution < 1.29 is 9.66 Å². The van der Waals surface area contributed by atoms with Crippen LogP contribution in [0.4, 0.5) is 5.69 Å². The minimum Gasteiger partial charge on any atom is -0.487 e. The minimum absolute atomic E-state index is 0.0293. The first-order valence-corrected chi connectivity index (χ1v) is 6.38. The molecule has 0 amide bonds. The maximum absolute atomic E-state index is 11.0. The summed E-state index contributed by atoms with van der Waals surface area (Å²) in [7, 11) is 1.81. The third kappa shape index (κ3) is 5.26. The zero-order valence-electron chi connectivity index (χ0n) is 12.0. The predicted molar refractivity (Wildman–Crippen MR) is 75.4 cm³/mol. The molecule has 0 aromatic heterocycles. The van der Waals surface area contributed by atoms with Crippen molar-refractivity contribution in [2.24, 2.45) is 5.41 Å². The van der Waals surface area contributed by atoms with E-state index < -0.39 is 4.92 Å². The van der Waals surface area contributed by atoms with Crippen molar-refractivity contribution in [2.75, 3.05) is 13.7 Å². The number of nitro benzene ring substituents is 1. The van der Waals surface area contributed by atoms with E-state index >= 15 is 0 Å². The summed E-state index contributed by atoms with van der Waals surface area (Å²) < 4.78 is 5.55. The Morgan fingerprint density at radius 1 is 1.37 bits per heavy atom. The van der Waals surface area contributed by atoms with Gasteiger partial charge in [-0.2, -0.15) is 0 Å². The molecule has 0 saturated carbocycles. The smallest absolute Gasteiger partial charge is 0.311 e. The van der Waals surface area contributed by atoms with Crippen molar-refractivity contribution in [3.63, 3.8) is 0 Å². The lowest BCUT2D eigenvalue weighted by molar-refractivity contribution is -0.385. The predicted octanol–water partition coefficient (Wildman–Crippen LogP) is 3.13. The van der Waals surface area contributed by atoms with Crippen LogP contribution in [0.3, 0.4) is 0 Å². The van der Waals surface area contributed by atoms with E-state index in [1.165, 1.54) is 0 Å². The number of nitro groups is 1. The van der Waals surface area contributed by atoms with E-state index in [4.69, 9.17) is 4.74 Å². The molecular formula is C14H22N2O3. The van der Waals surface area contributed by atoms with Gasteiger partial charge in [-0.1, -0.05) is 26.8 Å².